The van der Waals surface area contributed by atoms with Crippen molar-refractivity contribution in [1.82, 2.24) is 5.06 Å². The Hall–Kier alpha value is -0.953. The number of methoxy groups -OCH3 is 1. The summed E-state index contributed by atoms with van der Waals surface area (Å²) < 4.78 is 22.6. The zero-order valence-corrected chi connectivity index (χ0v) is 19.9. The standard InChI is InChI=1S/C20H39NO6Si/c1-10-11-17(27-28(8,9)20(2,3)4)14-18(15-19(22)21(5)24-7)26-16-25-13-12-23-6/h1,17-18H,11-16H2,2-9H3/t17-,18-/m0/s1. The minimum Gasteiger partial charge on any atom is -0.413 e. The van der Waals surface area contributed by atoms with Crippen molar-refractivity contribution < 1.29 is 28.3 Å². The molecule has 0 aliphatic rings. The predicted octanol–water partition coefficient (Wildman–Crippen LogP) is 3.21. The Balaban J connectivity index is 5.08. The molecular formula is C20H39NO6Si. The molecule has 0 spiro atoms. The highest BCUT2D eigenvalue weighted by Gasteiger charge is 2.39. The van der Waals surface area contributed by atoms with Crippen LogP contribution in [0.25, 0.3) is 0 Å². The van der Waals surface area contributed by atoms with Gasteiger partial charge in [0.1, 0.15) is 6.79 Å². The number of hydrogen-bond donors (Lipinski definition) is 0. The molecule has 0 aromatic carbocycles. The number of hydrogen-bond acceptors (Lipinski definition) is 6. The fraction of sp³-hybridized carbons (Fsp3) is 0.850. The van der Waals surface area contributed by atoms with E-state index in [0.29, 0.717) is 26.1 Å². The lowest BCUT2D eigenvalue weighted by atomic mass is 10.1. The number of amides is 1. The number of rotatable bonds is 14. The molecule has 0 aliphatic heterocycles. The Labute approximate surface area is 172 Å². The zero-order chi connectivity index (χ0) is 21.8. The van der Waals surface area contributed by atoms with Crippen LogP contribution >= 0.6 is 0 Å². The number of hydroxylamine groups is 2. The summed E-state index contributed by atoms with van der Waals surface area (Å²) in [5.74, 6) is 2.51. The molecule has 8 heteroatoms. The van der Waals surface area contributed by atoms with Gasteiger partial charge in [0.05, 0.1) is 39.0 Å². The highest BCUT2D eigenvalue weighted by atomic mass is 28.4. The molecule has 0 unspecified atom stereocenters. The Bertz CT molecular complexity index is 486. The quantitative estimate of drug-likeness (QED) is 0.142. The Kier molecular flexibility index (Phi) is 12.9. The lowest BCUT2D eigenvalue weighted by Crippen LogP contribution is -2.45. The monoisotopic (exact) mass is 417 g/mol. The molecule has 0 saturated carbocycles. The lowest BCUT2D eigenvalue weighted by molar-refractivity contribution is -0.174. The van der Waals surface area contributed by atoms with E-state index in [1.54, 1.807) is 14.2 Å². The van der Waals surface area contributed by atoms with E-state index in [1.807, 2.05) is 0 Å². The summed E-state index contributed by atoms with van der Waals surface area (Å²) in [6.45, 7) is 11.9. The van der Waals surface area contributed by atoms with Crippen molar-refractivity contribution >= 4 is 14.2 Å². The third-order valence-corrected chi connectivity index (χ3v) is 9.52. The van der Waals surface area contributed by atoms with E-state index < -0.39 is 14.4 Å². The van der Waals surface area contributed by atoms with Gasteiger partial charge in [0.25, 0.3) is 0 Å². The summed E-state index contributed by atoms with van der Waals surface area (Å²) >= 11 is 0. The second-order valence-corrected chi connectivity index (χ2v) is 13.0. The average Bonchev–Trinajstić information content (AvgIpc) is 2.59. The second kappa shape index (κ2) is 13.3. The molecule has 0 aliphatic carbocycles. The number of carbonyl (C=O) groups excluding carboxylic acids is 1. The Morgan fingerprint density at radius 2 is 1.82 bits per heavy atom. The first kappa shape index (κ1) is 27.0. The predicted molar refractivity (Wildman–Crippen MR) is 112 cm³/mol. The number of terminal acetylenes is 1. The van der Waals surface area contributed by atoms with E-state index in [9.17, 15) is 4.79 Å². The topological polar surface area (TPSA) is 66.5 Å². The van der Waals surface area contributed by atoms with Crippen molar-refractivity contribution in [2.24, 2.45) is 0 Å². The maximum absolute atomic E-state index is 12.3. The van der Waals surface area contributed by atoms with Gasteiger partial charge in [0, 0.05) is 27.0 Å². The van der Waals surface area contributed by atoms with Gasteiger partial charge >= 0.3 is 0 Å². The van der Waals surface area contributed by atoms with Crippen LogP contribution in [-0.2, 0) is 28.3 Å². The lowest BCUT2D eigenvalue weighted by Gasteiger charge is -2.39. The van der Waals surface area contributed by atoms with E-state index >= 15 is 0 Å². The number of ether oxygens (including phenoxy) is 3. The highest BCUT2D eigenvalue weighted by molar-refractivity contribution is 6.74. The second-order valence-electron chi connectivity index (χ2n) is 8.23. The van der Waals surface area contributed by atoms with Crippen LogP contribution in [0.5, 0.6) is 0 Å². The Morgan fingerprint density at radius 1 is 1.18 bits per heavy atom. The van der Waals surface area contributed by atoms with E-state index in [1.165, 1.54) is 12.2 Å². The normalized spacial score (nSPS) is 14.4. The van der Waals surface area contributed by atoms with Crippen molar-refractivity contribution in [3.63, 3.8) is 0 Å². The molecule has 164 valence electrons. The molecule has 0 aromatic heterocycles. The first-order valence-corrected chi connectivity index (χ1v) is 12.5. The van der Waals surface area contributed by atoms with Crippen LogP contribution in [0.4, 0.5) is 0 Å². The maximum atomic E-state index is 12.3. The van der Waals surface area contributed by atoms with Crippen molar-refractivity contribution in [2.75, 3.05) is 41.3 Å². The smallest absolute Gasteiger partial charge is 0.248 e. The van der Waals surface area contributed by atoms with Gasteiger partial charge in [-0.3, -0.25) is 9.63 Å². The van der Waals surface area contributed by atoms with Crippen molar-refractivity contribution in [3.05, 3.63) is 0 Å². The van der Waals surface area contributed by atoms with Gasteiger partial charge in [-0.25, -0.2) is 5.06 Å². The van der Waals surface area contributed by atoms with Crippen LogP contribution in [0.15, 0.2) is 0 Å². The first-order chi connectivity index (χ1) is 13.0. The largest absolute Gasteiger partial charge is 0.413 e. The average molecular weight is 418 g/mol. The van der Waals surface area contributed by atoms with Gasteiger partial charge in [-0.05, 0) is 18.1 Å². The summed E-state index contributed by atoms with van der Waals surface area (Å²) in [5.41, 5.74) is 0. The molecule has 0 rings (SSSR count). The third kappa shape index (κ3) is 10.6. The summed E-state index contributed by atoms with van der Waals surface area (Å²) in [5, 5.41) is 1.25. The van der Waals surface area contributed by atoms with Crippen molar-refractivity contribution in [3.8, 4) is 12.3 Å². The van der Waals surface area contributed by atoms with Crippen LogP contribution in [0.3, 0.4) is 0 Å². The third-order valence-electron chi connectivity index (χ3n) is 4.99. The van der Waals surface area contributed by atoms with Crippen LogP contribution in [0.2, 0.25) is 18.1 Å². The fourth-order valence-electron chi connectivity index (χ4n) is 2.17. The van der Waals surface area contributed by atoms with E-state index in [0.717, 1.165) is 0 Å². The van der Waals surface area contributed by atoms with Crippen LogP contribution in [0, 0.1) is 12.3 Å². The van der Waals surface area contributed by atoms with Gasteiger partial charge in [0.15, 0.2) is 8.32 Å². The van der Waals surface area contributed by atoms with E-state index in [-0.39, 0.29) is 30.3 Å². The molecule has 7 nitrogen and oxygen atoms in total. The summed E-state index contributed by atoms with van der Waals surface area (Å²) in [7, 11) is 2.61. The maximum Gasteiger partial charge on any atom is 0.248 e. The molecule has 0 saturated heterocycles. The Morgan fingerprint density at radius 3 is 2.32 bits per heavy atom. The zero-order valence-electron chi connectivity index (χ0n) is 18.9. The number of carbonyl (C=O) groups is 1. The molecule has 0 fully saturated rings. The molecule has 2 atom stereocenters. The molecule has 1 amide bonds. The molecule has 0 N–H and O–H groups in total. The molecular weight excluding hydrogens is 378 g/mol. The van der Waals surface area contributed by atoms with Gasteiger partial charge in [-0.2, -0.15) is 0 Å². The first-order valence-electron chi connectivity index (χ1n) is 9.58. The van der Waals surface area contributed by atoms with E-state index in [2.05, 4.69) is 39.8 Å². The van der Waals surface area contributed by atoms with E-state index in [4.69, 9.17) is 29.9 Å². The van der Waals surface area contributed by atoms with Crippen LogP contribution < -0.4 is 0 Å². The molecule has 0 bridgehead atoms. The minimum atomic E-state index is -2.01. The SMILES string of the molecule is C#CC[C@@H](C[C@@H](CC(=O)N(C)OC)OCOCCOC)O[Si](C)(C)C(C)(C)C. The highest BCUT2D eigenvalue weighted by Crippen LogP contribution is 2.38. The molecule has 28 heavy (non-hydrogen) atoms. The van der Waals surface area contributed by atoms with Gasteiger partial charge in [-0.1, -0.05) is 20.8 Å². The van der Waals surface area contributed by atoms with Gasteiger partial charge < -0.3 is 18.6 Å². The molecule has 0 aromatic rings. The number of nitrogens with zero attached hydrogens (tertiary/aromatic N) is 1. The summed E-state index contributed by atoms with van der Waals surface area (Å²) in [6, 6.07) is 0. The van der Waals surface area contributed by atoms with Crippen LogP contribution in [0.1, 0.15) is 40.0 Å². The molecule has 0 heterocycles. The van der Waals surface area contributed by atoms with Crippen LogP contribution in [-0.4, -0.2) is 72.8 Å². The van der Waals surface area contributed by atoms with Crippen molar-refractivity contribution in [2.45, 2.75) is 70.4 Å². The minimum absolute atomic E-state index is 0.0611. The molecule has 0 radical (unpaired) electrons. The van der Waals surface area contributed by atoms with Gasteiger partial charge in [-0.15, -0.1) is 12.3 Å². The summed E-state index contributed by atoms with van der Waals surface area (Å²) in [6.07, 6.45) is 6.12. The summed E-state index contributed by atoms with van der Waals surface area (Å²) in [4.78, 5) is 17.3. The fourth-order valence-corrected chi connectivity index (χ4v) is 3.54. The van der Waals surface area contributed by atoms with Gasteiger partial charge in [0.2, 0.25) is 5.91 Å². The van der Waals surface area contributed by atoms with Crippen molar-refractivity contribution in [1.29, 1.82) is 0 Å².